The summed E-state index contributed by atoms with van der Waals surface area (Å²) in [6.07, 6.45) is 2.40. The van der Waals surface area contributed by atoms with Crippen LogP contribution in [0, 0.1) is 0 Å². The summed E-state index contributed by atoms with van der Waals surface area (Å²) in [6, 6.07) is 0. The molecule has 3 nitrogen and oxygen atoms in total. The molecule has 0 aromatic heterocycles. The van der Waals surface area contributed by atoms with Crippen molar-refractivity contribution in [1.82, 2.24) is 10.2 Å². The molecular weight excluding hydrogens is 200 g/mol. The van der Waals surface area contributed by atoms with Gasteiger partial charge in [0.15, 0.2) is 0 Å². The number of methoxy groups -OCH3 is 1. The van der Waals surface area contributed by atoms with Crippen LogP contribution >= 0.6 is 0 Å². The van der Waals surface area contributed by atoms with Gasteiger partial charge in [-0.3, -0.25) is 4.90 Å². The van der Waals surface area contributed by atoms with Gasteiger partial charge in [0, 0.05) is 31.3 Å². The van der Waals surface area contributed by atoms with Gasteiger partial charge in [-0.25, -0.2) is 0 Å². The lowest BCUT2D eigenvalue weighted by Crippen LogP contribution is -2.55. The first-order valence-electron chi connectivity index (χ1n) is 6.42. The van der Waals surface area contributed by atoms with Gasteiger partial charge >= 0.3 is 0 Å². The van der Waals surface area contributed by atoms with Crippen LogP contribution in [0.15, 0.2) is 0 Å². The van der Waals surface area contributed by atoms with Crippen LogP contribution in [-0.4, -0.2) is 49.3 Å². The molecule has 1 heterocycles. The van der Waals surface area contributed by atoms with E-state index in [1.54, 1.807) is 7.11 Å². The van der Waals surface area contributed by atoms with E-state index in [1.807, 2.05) is 0 Å². The van der Waals surface area contributed by atoms with Crippen LogP contribution in [0.5, 0.6) is 0 Å². The van der Waals surface area contributed by atoms with Gasteiger partial charge in [-0.2, -0.15) is 0 Å². The van der Waals surface area contributed by atoms with E-state index in [0.29, 0.717) is 0 Å². The molecule has 1 N–H and O–H groups in total. The summed E-state index contributed by atoms with van der Waals surface area (Å²) in [4.78, 5) is 2.57. The first-order chi connectivity index (χ1) is 7.43. The van der Waals surface area contributed by atoms with E-state index < -0.39 is 0 Å². The van der Waals surface area contributed by atoms with Crippen molar-refractivity contribution in [2.24, 2.45) is 0 Å². The molecule has 1 aliphatic heterocycles. The topological polar surface area (TPSA) is 24.5 Å². The van der Waals surface area contributed by atoms with Crippen molar-refractivity contribution in [3.63, 3.8) is 0 Å². The fourth-order valence-corrected chi connectivity index (χ4v) is 2.41. The zero-order chi connectivity index (χ0) is 12.2. The molecule has 1 unspecified atom stereocenters. The van der Waals surface area contributed by atoms with Crippen molar-refractivity contribution < 1.29 is 4.74 Å². The molecule has 0 radical (unpaired) electrons. The largest absolute Gasteiger partial charge is 0.383 e. The SMILES string of the molecule is CCC1(C)CN(C(C)(C)COC)CCCN1. The average Bonchev–Trinajstić information content (AvgIpc) is 2.41. The Morgan fingerprint density at radius 3 is 2.69 bits per heavy atom. The minimum atomic E-state index is 0.136. The first-order valence-corrected chi connectivity index (χ1v) is 6.42. The molecule has 0 aromatic carbocycles. The van der Waals surface area contributed by atoms with Gasteiger partial charge in [-0.15, -0.1) is 0 Å². The Morgan fingerprint density at radius 2 is 2.12 bits per heavy atom. The Kier molecular flexibility index (Phi) is 4.77. The molecule has 1 aliphatic rings. The summed E-state index contributed by atoms with van der Waals surface area (Å²) in [5.41, 5.74) is 0.388. The fraction of sp³-hybridized carbons (Fsp3) is 1.00. The second-order valence-electron chi connectivity index (χ2n) is 5.86. The van der Waals surface area contributed by atoms with Gasteiger partial charge in [-0.1, -0.05) is 6.92 Å². The smallest absolute Gasteiger partial charge is 0.0641 e. The zero-order valence-corrected chi connectivity index (χ0v) is 11.6. The standard InChI is InChI=1S/C13H28N2O/c1-6-13(4)10-15(9-7-8-14-13)12(2,3)11-16-5/h14H,6-11H2,1-5H3. The summed E-state index contributed by atoms with van der Waals surface area (Å²) in [5.74, 6) is 0. The van der Waals surface area contributed by atoms with Gasteiger partial charge in [0.25, 0.3) is 0 Å². The van der Waals surface area contributed by atoms with Gasteiger partial charge in [0.1, 0.15) is 0 Å². The van der Waals surface area contributed by atoms with E-state index in [0.717, 1.165) is 19.7 Å². The molecule has 3 heteroatoms. The van der Waals surface area contributed by atoms with E-state index in [-0.39, 0.29) is 11.1 Å². The molecule has 0 amide bonds. The van der Waals surface area contributed by atoms with Gasteiger partial charge < -0.3 is 10.1 Å². The Labute approximate surface area is 101 Å². The van der Waals surface area contributed by atoms with E-state index in [9.17, 15) is 0 Å². The number of nitrogens with zero attached hydrogens (tertiary/aromatic N) is 1. The minimum Gasteiger partial charge on any atom is -0.383 e. The Hall–Kier alpha value is -0.120. The Balaban J connectivity index is 2.71. The predicted molar refractivity (Wildman–Crippen MR) is 68.8 cm³/mol. The van der Waals surface area contributed by atoms with Gasteiger partial charge in [0.2, 0.25) is 0 Å². The van der Waals surface area contributed by atoms with Crippen LogP contribution in [-0.2, 0) is 4.74 Å². The van der Waals surface area contributed by atoms with Crippen LogP contribution < -0.4 is 5.32 Å². The van der Waals surface area contributed by atoms with Crippen molar-refractivity contribution in [1.29, 1.82) is 0 Å². The molecule has 16 heavy (non-hydrogen) atoms. The monoisotopic (exact) mass is 228 g/mol. The van der Waals surface area contributed by atoms with Crippen molar-refractivity contribution in [3.8, 4) is 0 Å². The van der Waals surface area contributed by atoms with Crippen LogP contribution in [0.1, 0.15) is 40.5 Å². The number of ether oxygens (including phenoxy) is 1. The maximum Gasteiger partial charge on any atom is 0.0641 e. The summed E-state index contributed by atoms with van der Waals surface area (Å²) < 4.78 is 5.34. The third-order valence-corrected chi connectivity index (χ3v) is 3.83. The van der Waals surface area contributed by atoms with Gasteiger partial charge in [0.05, 0.1) is 6.61 Å². The quantitative estimate of drug-likeness (QED) is 0.795. The lowest BCUT2D eigenvalue weighted by Gasteiger charge is -2.41. The second kappa shape index (κ2) is 5.48. The highest BCUT2D eigenvalue weighted by Crippen LogP contribution is 2.22. The first kappa shape index (κ1) is 13.9. The van der Waals surface area contributed by atoms with Crippen molar-refractivity contribution in [3.05, 3.63) is 0 Å². The van der Waals surface area contributed by atoms with Gasteiger partial charge in [-0.05, 0) is 40.2 Å². The molecular formula is C13H28N2O. The number of rotatable bonds is 4. The molecule has 1 atom stereocenters. The Bertz CT molecular complexity index is 218. The highest BCUT2D eigenvalue weighted by atomic mass is 16.5. The minimum absolute atomic E-state index is 0.136. The Morgan fingerprint density at radius 1 is 1.44 bits per heavy atom. The number of hydrogen-bond acceptors (Lipinski definition) is 3. The molecule has 1 fully saturated rings. The third kappa shape index (κ3) is 3.44. The average molecular weight is 228 g/mol. The maximum absolute atomic E-state index is 5.34. The molecule has 0 saturated carbocycles. The molecule has 1 rings (SSSR count). The van der Waals surface area contributed by atoms with Crippen molar-refractivity contribution in [2.75, 3.05) is 33.4 Å². The third-order valence-electron chi connectivity index (χ3n) is 3.83. The summed E-state index contributed by atoms with van der Waals surface area (Å²) in [7, 11) is 1.79. The van der Waals surface area contributed by atoms with Crippen LogP contribution in [0.4, 0.5) is 0 Å². The molecule has 0 spiro atoms. The normalized spacial score (nSPS) is 29.1. The highest BCUT2D eigenvalue weighted by Gasteiger charge is 2.34. The maximum atomic E-state index is 5.34. The van der Waals surface area contributed by atoms with Crippen molar-refractivity contribution >= 4 is 0 Å². The lowest BCUT2D eigenvalue weighted by molar-refractivity contribution is 0.0237. The second-order valence-corrected chi connectivity index (χ2v) is 5.86. The molecule has 0 aliphatic carbocycles. The fourth-order valence-electron chi connectivity index (χ4n) is 2.41. The number of nitrogens with one attached hydrogen (secondary N) is 1. The van der Waals surface area contributed by atoms with E-state index in [2.05, 4.69) is 37.9 Å². The molecule has 96 valence electrons. The molecule has 0 bridgehead atoms. The van der Waals surface area contributed by atoms with E-state index >= 15 is 0 Å². The number of hydrogen-bond donors (Lipinski definition) is 1. The summed E-state index contributed by atoms with van der Waals surface area (Å²) in [6.45, 7) is 13.3. The van der Waals surface area contributed by atoms with Crippen LogP contribution in [0.2, 0.25) is 0 Å². The lowest BCUT2D eigenvalue weighted by atomic mass is 9.95. The zero-order valence-electron chi connectivity index (χ0n) is 11.6. The van der Waals surface area contributed by atoms with Crippen molar-refractivity contribution in [2.45, 2.75) is 51.6 Å². The summed E-state index contributed by atoms with van der Waals surface area (Å²) >= 11 is 0. The molecule has 0 aromatic rings. The predicted octanol–water partition coefficient (Wildman–Crippen LogP) is 1.88. The van der Waals surface area contributed by atoms with E-state index in [4.69, 9.17) is 4.74 Å². The summed E-state index contributed by atoms with van der Waals surface area (Å²) in [5, 5.41) is 3.67. The van der Waals surface area contributed by atoms with Crippen LogP contribution in [0.25, 0.3) is 0 Å². The molecule has 1 saturated heterocycles. The van der Waals surface area contributed by atoms with E-state index in [1.165, 1.54) is 19.4 Å². The highest BCUT2D eigenvalue weighted by molar-refractivity contribution is 4.93. The van der Waals surface area contributed by atoms with Crippen LogP contribution in [0.3, 0.4) is 0 Å².